The van der Waals surface area contributed by atoms with Gasteiger partial charge in [-0.1, -0.05) is 45.9 Å². The molecule has 2 aromatic rings. The molecular formula is C23H31NO3. The van der Waals surface area contributed by atoms with Crippen LogP contribution in [0, 0.1) is 5.92 Å². The van der Waals surface area contributed by atoms with Crippen LogP contribution in [0.1, 0.15) is 52.0 Å². The second-order valence-corrected chi connectivity index (χ2v) is 7.24. The summed E-state index contributed by atoms with van der Waals surface area (Å²) >= 11 is 0. The Labute approximate surface area is 162 Å². The number of rotatable bonds is 10. The fraction of sp³-hybridized carbons (Fsp3) is 0.435. The van der Waals surface area contributed by atoms with E-state index in [0.717, 1.165) is 35.6 Å². The van der Waals surface area contributed by atoms with E-state index in [0.29, 0.717) is 18.4 Å². The first-order valence-corrected chi connectivity index (χ1v) is 9.74. The van der Waals surface area contributed by atoms with Crippen molar-refractivity contribution in [3.05, 3.63) is 54.1 Å². The van der Waals surface area contributed by atoms with Crippen molar-refractivity contribution in [3.63, 3.8) is 0 Å². The Kier molecular flexibility index (Phi) is 8.18. The van der Waals surface area contributed by atoms with E-state index in [4.69, 9.17) is 9.47 Å². The summed E-state index contributed by atoms with van der Waals surface area (Å²) in [6.45, 7) is 9.33. The number of carbonyl (C=O) groups is 1. The summed E-state index contributed by atoms with van der Waals surface area (Å²) in [5, 5.41) is 2.86. The minimum absolute atomic E-state index is 0.0138. The smallest absolute Gasteiger partial charge is 0.262 e. The van der Waals surface area contributed by atoms with Crippen LogP contribution < -0.4 is 14.8 Å². The van der Waals surface area contributed by atoms with Gasteiger partial charge < -0.3 is 14.8 Å². The van der Waals surface area contributed by atoms with Crippen LogP contribution in [0.4, 0.5) is 5.69 Å². The van der Waals surface area contributed by atoms with Crippen molar-refractivity contribution in [2.45, 2.75) is 46.5 Å². The summed E-state index contributed by atoms with van der Waals surface area (Å²) in [4.78, 5) is 12.2. The third kappa shape index (κ3) is 6.97. The van der Waals surface area contributed by atoms with Crippen LogP contribution in [0.2, 0.25) is 0 Å². The molecule has 0 radical (unpaired) electrons. The zero-order valence-electron chi connectivity index (χ0n) is 16.8. The SMILES string of the molecule is CCC(C)c1ccccc1OCC(=O)Nc1ccc(OCCC(C)C)cc1. The summed E-state index contributed by atoms with van der Waals surface area (Å²) in [5.41, 5.74) is 1.87. The minimum Gasteiger partial charge on any atom is -0.494 e. The van der Waals surface area contributed by atoms with Gasteiger partial charge in [0.25, 0.3) is 5.91 Å². The van der Waals surface area contributed by atoms with Gasteiger partial charge in [-0.2, -0.15) is 0 Å². The molecular weight excluding hydrogens is 338 g/mol. The van der Waals surface area contributed by atoms with Gasteiger partial charge in [-0.25, -0.2) is 0 Å². The maximum absolute atomic E-state index is 12.2. The summed E-state index contributed by atoms with van der Waals surface area (Å²) in [6, 6.07) is 15.3. The summed E-state index contributed by atoms with van der Waals surface area (Å²) in [5.74, 6) is 2.42. The Morgan fingerprint density at radius 3 is 2.37 bits per heavy atom. The molecule has 0 spiro atoms. The fourth-order valence-corrected chi connectivity index (χ4v) is 2.63. The Balaban J connectivity index is 1.84. The zero-order chi connectivity index (χ0) is 19.6. The summed E-state index contributed by atoms with van der Waals surface area (Å²) < 4.78 is 11.4. The molecule has 27 heavy (non-hydrogen) atoms. The van der Waals surface area contributed by atoms with Gasteiger partial charge in [0, 0.05) is 5.69 Å². The lowest BCUT2D eigenvalue weighted by atomic mass is 9.98. The van der Waals surface area contributed by atoms with Crippen molar-refractivity contribution in [1.82, 2.24) is 0 Å². The van der Waals surface area contributed by atoms with Crippen molar-refractivity contribution in [2.24, 2.45) is 5.92 Å². The van der Waals surface area contributed by atoms with Gasteiger partial charge in [-0.3, -0.25) is 4.79 Å². The Morgan fingerprint density at radius 1 is 1.00 bits per heavy atom. The van der Waals surface area contributed by atoms with Crippen LogP contribution in [-0.4, -0.2) is 19.1 Å². The molecule has 0 saturated carbocycles. The number of hydrogen-bond acceptors (Lipinski definition) is 3. The molecule has 0 bridgehead atoms. The number of carbonyl (C=O) groups excluding carboxylic acids is 1. The minimum atomic E-state index is -0.178. The summed E-state index contributed by atoms with van der Waals surface area (Å²) in [7, 11) is 0. The van der Waals surface area contributed by atoms with E-state index in [1.165, 1.54) is 0 Å². The second-order valence-electron chi connectivity index (χ2n) is 7.24. The predicted molar refractivity (Wildman–Crippen MR) is 111 cm³/mol. The molecule has 0 aliphatic heterocycles. The fourth-order valence-electron chi connectivity index (χ4n) is 2.63. The quantitative estimate of drug-likeness (QED) is 0.589. The lowest BCUT2D eigenvalue weighted by Gasteiger charge is -2.15. The Hall–Kier alpha value is -2.49. The normalized spacial score (nSPS) is 11.9. The van der Waals surface area contributed by atoms with Crippen molar-refractivity contribution >= 4 is 11.6 Å². The van der Waals surface area contributed by atoms with Gasteiger partial charge in [0.1, 0.15) is 11.5 Å². The highest BCUT2D eigenvalue weighted by atomic mass is 16.5. The number of benzene rings is 2. The van der Waals surface area contributed by atoms with Crippen LogP contribution in [0.5, 0.6) is 11.5 Å². The number of ether oxygens (including phenoxy) is 2. The van der Waals surface area contributed by atoms with Gasteiger partial charge in [0.05, 0.1) is 6.61 Å². The average molecular weight is 370 g/mol. The van der Waals surface area contributed by atoms with Gasteiger partial charge in [0.2, 0.25) is 0 Å². The molecule has 1 atom stereocenters. The first-order chi connectivity index (χ1) is 13.0. The lowest BCUT2D eigenvalue weighted by Crippen LogP contribution is -2.20. The molecule has 1 unspecified atom stereocenters. The summed E-state index contributed by atoms with van der Waals surface area (Å²) in [6.07, 6.45) is 2.05. The molecule has 4 heteroatoms. The molecule has 146 valence electrons. The first-order valence-electron chi connectivity index (χ1n) is 9.74. The molecule has 0 aliphatic carbocycles. The largest absolute Gasteiger partial charge is 0.494 e. The van der Waals surface area contributed by atoms with E-state index < -0.39 is 0 Å². The molecule has 1 amide bonds. The average Bonchev–Trinajstić information content (AvgIpc) is 2.67. The molecule has 0 saturated heterocycles. The molecule has 0 heterocycles. The molecule has 2 rings (SSSR count). The molecule has 1 N–H and O–H groups in total. The van der Waals surface area contributed by atoms with Crippen LogP contribution in [-0.2, 0) is 4.79 Å². The second kappa shape index (κ2) is 10.6. The molecule has 0 aliphatic rings. The monoisotopic (exact) mass is 369 g/mol. The third-order valence-corrected chi connectivity index (χ3v) is 4.52. The maximum atomic E-state index is 12.2. The number of anilines is 1. The van der Waals surface area contributed by atoms with Gasteiger partial charge in [-0.05, 0) is 60.6 Å². The topological polar surface area (TPSA) is 47.6 Å². The maximum Gasteiger partial charge on any atom is 0.262 e. The van der Waals surface area contributed by atoms with Crippen molar-refractivity contribution in [2.75, 3.05) is 18.5 Å². The number of nitrogens with one attached hydrogen (secondary N) is 1. The Bertz CT molecular complexity index is 710. The van der Waals surface area contributed by atoms with E-state index in [9.17, 15) is 4.79 Å². The standard InChI is InChI=1S/C23H31NO3/c1-5-18(4)21-8-6-7-9-22(21)27-16-23(25)24-19-10-12-20(13-11-19)26-15-14-17(2)3/h6-13,17-18H,5,14-16H2,1-4H3,(H,24,25). The molecule has 4 nitrogen and oxygen atoms in total. The first kappa shape index (κ1) is 20.8. The van der Waals surface area contributed by atoms with E-state index in [1.54, 1.807) is 0 Å². The zero-order valence-corrected chi connectivity index (χ0v) is 16.8. The van der Waals surface area contributed by atoms with E-state index >= 15 is 0 Å². The van der Waals surface area contributed by atoms with E-state index in [1.807, 2.05) is 42.5 Å². The van der Waals surface area contributed by atoms with Crippen LogP contribution in [0.25, 0.3) is 0 Å². The van der Waals surface area contributed by atoms with Crippen LogP contribution >= 0.6 is 0 Å². The predicted octanol–water partition coefficient (Wildman–Crippen LogP) is 5.64. The Morgan fingerprint density at radius 2 is 1.70 bits per heavy atom. The van der Waals surface area contributed by atoms with E-state index in [2.05, 4.69) is 39.1 Å². The highest BCUT2D eigenvalue weighted by Gasteiger charge is 2.11. The third-order valence-electron chi connectivity index (χ3n) is 4.52. The molecule has 0 fully saturated rings. The lowest BCUT2D eigenvalue weighted by molar-refractivity contribution is -0.118. The van der Waals surface area contributed by atoms with Gasteiger partial charge in [0.15, 0.2) is 6.61 Å². The highest BCUT2D eigenvalue weighted by molar-refractivity contribution is 5.91. The number of para-hydroxylation sites is 1. The van der Waals surface area contributed by atoms with Crippen LogP contribution in [0.15, 0.2) is 48.5 Å². The van der Waals surface area contributed by atoms with Gasteiger partial charge in [-0.15, -0.1) is 0 Å². The van der Waals surface area contributed by atoms with Crippen molar-refractivity contribution in [3.8, 4) is 11.5 Å². The van der Waals surface area contributed by atoms with E-state index in [-0.39, 0.29) is 12.5 Å². The molecule has 2 aromatic carbocycles. The highest BCUT2D eigenvalue weighted by Crippen LogP contribution is 2.28. The number of amides is 1. The molecule has 0 aromatic heterocycles. The van der Waals surface area contributed by atoms with Gasteiger partial charge >= 0.3 is 0 Å². The van der Waals surface area contributed by atoms with Crippen LogP contribution in [0.3, 0.4) is 0 Å². The van der Waals surface area contributed by atoms with Crippen molar-refractivity contribution in [1.29, 1.82) is 0 Å². The number of hydrogen-bond donors (Lipinski definition) is 1. The van der Waals surface area contributed by atoms with Crippen molar-refractivity contribution < 1.29 is 14.3 Å².